The van der Waals surface area contributed by atoms with E-state index in [4.69, 9.17) is 0 Å². The van der Waals surface area contributed by atoms with Crippen molar-refractivity contribution >= 4 is 0 Å². The maximum atomic E-state index is 9.48. The minimum atomic E-state index is 0.419. The zero-order valence-corrected chi connectivity index (χ0v) is 11.5. The van der Waals surface area contributed by atoms with Gasteiger partial charge in [0.15, 0.2) is 0 Å². The molecular weight excluding hydrogens is 220 g/mol. The van der Waals surface area contributed by atoms with E-state index in [1.807, 2.05) is 12.1 Å². The summed E-state index contributed by atoms with van der Waals surface area (Å²) in [5, 5.41) is 9.48. The summed E-state index contributed by atoms with van der Waals surface area (Å²) in [6.45, 7) is 4.58. The van der Waals surface area contributed by atoms with Gasteiger partial charge in [-0.1, -0.05) is 39.2 Å². The first-order chi connectivity index (χ1) is 8.74. The minimum Gasteiger partial charge on any atom is -0.508 e. The highest BCUT2D eigenvalue weighted by Gasteiger charge is 2.27. The van der Waals surface area contributed by atoms with E-state index in [-0.39, 0.29) is 0 Å². The van der Waals surface area contributed by atoms with Crippen LogP contribution in [0.4, 0.5) is 0 Å². The largest absolute Gasteiger partial charge is 0.508 e. The highest BCUT2D eigenvalue weighted by atomic mass is 16.3. The van der Waals surface area contributed by atoms with Crippen molar-refractivity contribution in [2.24, 2.45) is 11.8 Å². The van der Waals surface area contributed by atoms with Crippen LogP contribution in [0.25, 0.3) is 0 Å². The van der Waals surface area contributed by atoms with E-state index >= 15 is 0 Å². The monoisotopic (exact) mass is 244 g/mol. The summed E-state index contributed by atoms with van der Waals surface area (Å²) >= 11 is 0. The minimum absolute atomic E-state index is 0.419. The van der Waals surface area contributed by atoms with E-state index in [0.29, 0.717) is 5.75 Å². The van der Waals surface area contributed by atoms with E-state index in [2.05, 4.69) is 32.8 Å². The average Bonchev–Trinajstić information content (AvgIpc) is 2.80. The third-order valence-corrected chi connectivity index (χ3v) is 4.00. The summed E-state index contributed by atoms with van der Waals surface area (Å²) in [6, 6.07) is 5.87. The lowest BCUT2D eigenvalue weighted by Crippen LogP contribution is -2.14. The Balaban J connectivity index is 0.000000771. The molecule has 1 heteroatoms. The second kappa shape index (κ2) is 7.11. The van der Waals surface area contributed by atoms with Gasteiger partial charge in [0.1, 0.15) is 5.75 Å². The molecule has 0 amide bonds. The molecule has 2 unspecified atom stereocenters. The Labute approximate surface area is 111 Å². The van der Waals surface area contributed by atoms with Crippen LogP contribution in [0.2, 0.25) is 0 Å². The van der Waals surface area contributed by atoms with E-state index in [1.54, 1.807) is 0 Å². The van der Waals surface area contributed by atoms with Crippen LogP contribution in [-0.4, -0.2) is 5.11 Å². The number of terminal acetylenes is 1. The van der Waals surface area contributed by atoms with Crippen molar-refractivity contribution in [1.82, 2.24) is 0 Å². The lowest BCUT2D eigenvalue weighted by Gasteiger charge is -2.21. The van der Waals surface area contributed by atoms with Crippen LogP contribution in [0.3, 0.4) is 0 Å². The topological polar surface area (TPSA) is 20.2 Å². The molecule has 0 spiro atoms. The third kappa shape index (κ3) is 3.29. The Morgan fingerprint density at radius 3 is 2.50 bits per heavy atom. The molecule has 0 bridgehead atoms. The van der Waals surface area contributed by atoms with Gasteiger partial charge in [-0.2, -0.15) is 0 Å². The molecule has 0 saturated carbocycles. The molecule has 0 fully saturated rings. The molecule has 2 rings (SSSR count). The lowest BCUT2D eigenvalue weighted by molar-refractivity contribution is 0.311. The Morgan fingerprint density at radius 2 is 1.89 bits per heavy atom. The third-order valence-electron chi connectivity index (χ3n) is 4.00. The Morgan fingerprint density at radius 1 is 1.22 bits per heavy atom. The molecule has 1 aliphatic carbocycles. The van der Waals surface area contributed by atoms with Gasteiger partial charge in [0.05, 0.1) is 0 Å². The zero-order valence-electron chi connectivity index (χ0n) is 11.5. The Kier molecular flexibility index (Phi) is 5.78. The predicted octanol–water partition coefficient (Wildman–Crippen LogP) is 4.18. The first-order valence-corrected chi connectivity index (χ1v) is 6.88. The van der Waals surface area contributed by atoms with E-state index in [9.17, 15) is 5.11 Å². The Bertz CT molecular complexity index is 392. The molecule has 98 valence electrons. The van der Waals surface area contributed by atoms with Gasteiger partial charge in [-0.05, 0) is 47.9 Å². The number of hydrogen-bond acceptors (Lipinski definition) is 1. The normalized spacial score (nSPS) is 18.6. The van der Waals surface area contributed by atoms with Crippen LogP contribution >= 0.6 is 0 Å². The van der Waals surface area contributed by atoms with Gasteiger partial charge in [0.25, 0.3) is 0 Å². The molecule has 1 nitrogen and oxygen atoms in total. The molecule has 0 aromatic heterocycles. The maximum Gasteiger partial charge on any atom is 0.115 e. The second-order valence-electron chi connectivity index (χ2n) is 5.08. The van der Waals surface area contributed by atoms with Crippen LogP contribution in [-0.2, 0) is 12.8 Å². The van der Waals surface area contributed by atoms with Crippen molar-refractivity contribution in [3.8, 4) is 18.6 Å². The molecule has 1 aromatic carbocycles. The van der Waals surface area contributed by atoms with Crippen LogP contribution in [0.1, 0.15) is 44.2 Å². The van der Waals surface area contributed by atoms with Crippen molar-refractivity contribution in [1.29, 1.82) is 0 Å². The first-order valence-electron chi connectivity index (χ1n) is 6.88. The average molecular weight is 244 g/mol. The summed E-state index contributed by atoms with van der Waals surface area (Å²) in [5.74, 6) is 2.09. The fourth-order valence-corrected chi connectivity index (χ4v) is 3.12. The number of fused-ring (bicyclic) bond motifs is 1. The van der Waals surface area contributed by atoms with Crippen LogP contribution < -0.4 is 0 Å². The summed E-state index contributed by atoms with van der Waals surface area (Å²) in [7, 11) is 0. The van der Waals surface area contributed by atoms with Gasteiger partial charge >= 0.3 is 0 Å². The fourth-order valence-electron chi connectivity index (χ4n) is 3.12. The van der Waals surface area contributed by atoms with Gasteiger partial charge in [-0.15, -0.1) is 12.8 Å². The molecule has 1 aromatic rings. The molecule has 1 N–H and O–H groups in total. The summed E-state index contributed by atoms with van der Waals surface area (Å²) in [6.07, 6.45) is 14.3. The zero-order chi connectivity index (χ0) is 13.5. The summed E-state index contributed by atoms with van der Waals surface area (Å²) in [5.41, 5.74) is 2.83. The number of rotatable bonds is 4. The van der Waals surface area contributed by atoms with Gasteiger partial charge in [-0.3, -0.25) is 0 Å². The predicted molar refractivity (Wildman–Crippen MR) is 77.6 cm³/mol. The number of hydrogen-bond donors (Lipinski definition) is 1. The van der Waals surface area contributed by atoms with Gasteiger partial charge in [0.2, 0.25) is 0 Å². The summed E-state index contributed by atoms with van der Waals surface area (Å²) < 4.78 is 0. The van der Waals surface area contributed by atoms with Crippen molar-refractivity contribution in [2.75, 3.05) is 0 Å². The SMILES string of the molecule is C#C.CCCC(CC)C1Cc2ccc(O)cc2C1. The van der Waals surface area contributed by atoms with Gasteiger partial charge < -0.3 is 5.11 Å². The number of aromatic hydroxyl groups is 1. The quantitative estimate of drug-likeness (QED) is 0.788. The number of phenolic OH excluding ortho intramolecular Hbond substituents is 1. The van der Waals surface area contributed by atoms with Crippen molar-refractivity contribution in [3.63, 3.8) is 0 Å². The van der Waals surface area contributed by atoms with Crippen molar-refractivity contribution in [3.05, 3.63) is 29.3 Å². The van der Waals surface area contributed by atoms with Gasteiger partial charge in [-0.25, -0.2) is 0 Å². The lowest BCUT2D eigenvalue weighted by atomic mass is 9.84. The molecule has 0 aliphatic heterocycles. The number of phenols is 1. The maximum absolute atomic E-state index is 9.48. The highest BCUT2D eigenvalue weighted by molar-refractivity contribution is 5.38. The molecular formula is C17H24O. The van der Waals surface area contributed by atoms with Crippen molar-refractivity contribution in [2.45, 2.75) is 46.0 Å². The van der Waals surface area contributed by atoms with Crippen LogP contribution in [0, 0.1) is 24.7 Å². The van der Waals surface area contributed by atoms with Crippen molar-refractivity contribution < 1.29 is 5.11 Å². The molecule has 1 aliphatic rings. The second-order valence-corrected chi connectivity index (χ2v) is 5.08. The molecule has 0 heterocycles. The van der Waals surface area contributed by atoms with Crippen LogP contribution in [0.15, 0.2) is 18.2 Å². The Hall–Kier alpha value is -1.42. The van der Waals surface area contributed by atoms with E-state index in [0.717, 1.165) is 11.8 Å². The molecule has 0 radical (unpaired) electrons. The molecule has 0 saturated heterocycles. The highest BCUT2D eigenvalue weighted by Crippen LogP contribution is 2.36. The first kappa shape index (κ1) is 14.6. The van der Waals surface area contributed by atoms with E-state index < -0.39 is 0 Å². The summed E-state index contributed by atoms with van der Waals surface area (Å²) in [4.78, 5) is 0. The van der Waals surface area contributed by atoms with Gasteiger partial charge in [0, 0.05) is 0 Å². The van der Waals surface area contributed by atoms with Crippen LogP contribution in [0.5, 0.6) is 5.75 Å². The fraction of sp³-hybridized carbons (Fsp3) is 0.529. The molecule has 2 atom stereocenters. The smallest absolute Gasteiger partial charge is 0.115 e. The standard InChI is InChI=1S/C15H22O.C2H2/c1-3-5-11(4-2)13-8-12-6-7-15(16)10-14(12)9-13;1-2/h6-7,10-11,13,16H,3-5,8-9H2,1-2H3;1-2H. The van der Waals surface area contributed by atoms with E-state index in [1.165, 1.54) is 43.2 Å². The molecule has 18 heavy (non-hydrogen) atoms. The number of benzene rings is 1.